The molecule has 0 heterocycles. The zero-order valence-electron chi connectivity index (χ0n) is 23.1. The summed E-state index contributed by atoms with van der Waals surface area (Å²) in [7, 11) is 0. The molecule has 0 radical (unpaired) electrons. The van der Waals surface area contributed by atoms with Crippen LogP contribution in [0, 0.1) is 19.3 Å². The summed E-state index contributed by atoms with van der Waals surface area (Å²) in [5, 5.41) is 5.61. The molecule has 2 aromatic carbocycles. The van der Waals surface area contributed by atoms with Crippen molar-refractivity contribution in [1.82, 2.24) is 10.2 Å². The van der Waals surface area contributed by atoms with Crippen molar-refractivity contribution in [1.29, 1.82) is 0 Å². The van der Waals surface area contributed by atoms with Gasteiger partial charge in [-0.25, -0.2) is 4.79 Å². The van der Waals surface area contributed by atoms with Crippen LogP contribution >= 0.6 is 0 Å². The summed E-state index contributed by atoms with van der Waals surface area (Å²) in [5.41, 5.74) is 1.05. The first kappa shape index (κ1) is 29.4. The van der Waals surface area contributed by atoms with Crippen molar-refractivity contribution in [3.8, 4) is 12.3 Å². The third kappa shape index (κ3) is 7.60. The molecule has 2 N–H and O–H groups in total. The quantitative estimate of drug-likeness (QED) is 0.458. The molecule has 0 spiro atoms. The Morgan fingerprint density at radius 3 is 2.19 bits per heavy atom. The van der Waals surface area contributed by atoms with E-state index < -0.39 is 41.1 Å². The number of rotatable bonds is 8. The number of alkyl carbamates (subject to hydrolysis) is 1. The lowest BCUT2D eigenvalue weighted by Crippen LogP contribution is -2.58. The smallest absolute Gasteiger partial charge is 0.408 e. The predicted octanol–water partition coefficient (Wildman–Crippen LogP) is 5.59. The van der Waals surface area contributed by atoms with E-state index in [-0.39, 0.29) is 0 Å². The zero-order valence-corrected chi connectivity index (χ0v) is 23.1. The average Bonchev–Trinajstić information content (AvgIpc) is 2.82. The molecule has 0 fully saturated rings. The van der Waals surface area contributed by atoms with Gasteiger partial charge in [-0.1, -0.05) is 49.2 Å². The van der Waals surface area contributed by atoms with Crippen LogP contribution in [-0.4, -0.2) is 40.0 Å². The number of ether oxygens (including phenoxy) is 1. The highest BCUT2D eigenvalue weighted by molar-refractivity contribution is 6.00. The van der Waals surface area contributed by atoms with Gasteiger partial charge in [-0.15, -0.1) is 6.42 Å². The van der Waals surface area contributed by atoms with E-state index in [0.717, 1.165) is 5.56 Å². The lowest BCUT2D eigenvalue weighted by molar-refractivity contribution is -0.147. The van der Waals surface area contributed by atoms with Gasteiger partial charge in [0.2, 0.25) is 5.91 Å². The Morgan fingerprint density at radius 2 is 1.62 bits per heavy atom. The Bertz CT molecular complexity index is 1170. The van der Waals surface area contributed by atoms with Crippen molar-refractivity contribution in [2.75, 3.05) is 5.32 Å². The molecule has 37 heavy (non-hydrogen) atoms. The second kappa shape index (κ2) is 12.0. The maximum atomic E-state index is 14.0. The van der Waals surface area contributed by atoms with E-state index in [0.29, 0.717) is 23.2 Å². The number of benzene rings is 2. The highest BCUT2D eigenvalue weighted by Crippen LogP contribution is 2.34. The van der Waals surface area contributed by atoms with Crippen LogP contribution in [0.15, 0.2) is 48.5 Å². The number of hydrogen-bond acceptors (Lipinski definition) is 4. The number of aryl methyl sites for hydroxylation is 1. The Labute approximate surface area is 221 Å². The molecule has 3 amide bonds. The summed E-state index contributed by atoms with van der Waals surface area (Å²) in [6, 6.07) is 12.5. The van der Waals surface area contributed by atoms with Gasteiger partial charge in [-0.3, -0.25) is 9.59 Å². The normalized spacial score (nSPS) is 13.1. The molecule has 2 aromatic rings. The number of anilines is 1. The fourth-order valence-electron chi connectivity index (χ4n) is 3.88. The molecule has 2 atom stereocenters. The number of nitrogens with zero attached hydrogens (tertiary/aromatic N) is 1. The molecule has 0 aliphatic carbocycles. The van der Waals surface area contributed by atoms with Crippen LogP contribution in [0.4, 0.5) is 10.5 Å². The number of amides is 3. The summed E-state index contributed by atoms with van der Waals surface area (Å²) in [6.45, 7) is 14.4. The molecule has 2 rings (SSSR count). The molecule has 7 heteroatoms. The highest BCUT2D eigenvalue weighted by atomic mass is 16.6. The topological polar surface area (TPSA) is 87.7 Å². The molecular weight excluding hydrogens is 466 g/mol. The van der Waals surface area contributed by atoms with E-state index in [2.05, 4.69) is 16.6 Å². The van der Waals surface area contributed by atoms with Crippen LogP contribution in [0.25, 0.3) is 0 Å². The van der Waals surface area contributed by atoms with Crippen molar-refractivity contribution in [3.63, 3.8) is 0 Å². The fraction of sp³-hybridized carbons (Fsp3) is 0.433. The zero-order chi connectivity index (χ0) is 28.0. The summed E-state index contributed by atoms with van der Waals surface area (Å²) in [6.07, 6.45) is 5.64. The van der Waals surface area contributed by atoms with Gasteiger partial charge in [-0.2, -0.15) is 0 Å². The van der Waals surface area contributed by atoms with Gasteiger partial charge in [-0.05, 0) is 78.1 Å². The maximum absolute atomic E-state index is 14.0. The first-order valence-electron chi connectivity index (χ1n) is 12.5. The average molecular weight is 506 g/mol. The molecule has 0 aliphatic rings. The third-order valence-corrected chi connectivity index (χ3v) is 6.18. The van der Waals surface area contributed by atoms with Gasteiger partial charge in [0.25, 0.3) is 5.91 Å². The van der Waals surface area contributed by atoms with Gasteiger partial charge >= 0.3 is 6.09 Å². The summed E-state index contributed by atoms with van der Waals surface area (Å²) in [5.74, 6) is 1.81. The second-order valence-electron chi connectivity index (χ2n) is 10.7. The van der Waals surface area contributed by atoms with Crippen LogP contribution in [0.3, 0.4) is 0 Å². The standard InChI is InChI=1S/C30H39N3O4/c1-10-22-17-13-14-18-23(22)25(26(34)32-24-19-15-12-16-20(24)3)33(30(8,9)11-2)27(35)21(4)31-28(36)37-29(5,6)7/h1,12-19,21,25H,11H2,2-9H3,(H,31,36)(H,32,34). The van der Waals surface area contributed by atoms with Crippen molar-refractivity contribution < 1.29 is 19.1 Å². The molecule has 0 aliphatic heterocycles. The van der Waals surface area contributed by atoms with E-state index in [4.69, 9.17) is 11.2 Å². The fourth-order valence-corrected chi connectivity index (χ4v) is 3.88. The van der Waals surface area contributed by atoms with Gasteiger partial charge in [0.15, 0.2) is 0 Å². The third-order valence-electron chi connectivity index (χ3n) is 6.18. The molecule has 0 saturated carbocycles. The number of hydrogen-bond donors (Lipinski definition) is 2. The van der Waals surface area contributed by atoms with Crippen molar-refractivity contribution in [3.05, 3.63) is 65.2 Å². The minimum Gasteiger partial charge on any atom is -0.444 e. The van der Waals surface area contributed by atoms with Gasteiger partial charge < -0.3 is 20.3 Å². The highest BCUT2D eigenvalue weighted by Gasteiger charge is 2.42. The lowest BCUT2D eigenvalue weighted by Gasteiger charge is -2.44. The summed E-state index contributed by atoms with van der Waals surface area (Å²) < 4.78 is 5.34. The van der Waals surface area contributed by atoms with Crippen LogP contribution in [-0.2, 0) is 14.3 Å². The van der Waals surface area contributed by atoms with E-state index in [1.807, 2.05) is 45.9 Å². The minimum atomic E-state index is -1.06. The van der Waals surface area contributed by atoms with Gasteiger partial charge in [0.1, 0.15) is 17.7 Å². The molecule has 198 valence electrons. The van der Waals surface area contributed by atoms with Crippen LogP contribution in [0.2, 0.25) is 0 Å². The lowest BCUT2D eigenvalue weighted by atomic mass is 9.90. The van der Waals surface area contributed by atoms with Crippen LogP contribution in [0.5, 0.6) is 0 Å². The van der Waals surface area contributed by atoms with Crippen molar-refractivity contribution in [2.45, 2.75) is 85.0 Å². The second-order valence-corrected chi connectivity index (χ2v) is 10.7. The Morgan fingerprint density at radius 1 is 1.03 bits per heavy atom. The molecule has 0 saturated heterocycles. The Balaban J connectivity index is 2.61. The largest absolute Gasteiger partial charge is 0.444 e. The Kier molecular flexibility index (Phi) is 9.52. The van der Waals surface area contributed by atoms with E-state index in [1.54, 1.807) is 58.0 Å². The minimum absolute atomic E-state index is 0.406. The molecule has 7 nitrogen and oxygen atoms in total. The van der Waals surface area contributed by atoms with E-state index in [9.17, 15) is 14.4 Å². The number of terminal acetylenes is 1. The first-order chi connectivity index (χ1) is 17.2. The number of para-hydroxylation sites is 1. The maximum Gasteiger partial charge on any atom is 0.408 e. The number of carbonyl (C=O) groups excluding carboxylic acids is 3. The van der Waals surface area contributed by atoms with Crippen LogP contribution in [0.1, 0.15) is 77.6 Å². The van der Waals surface area contributed by atoms with Crippen molar-refractivity contribution in [2.24, 2.45) is 0 Å². The SMILES string of the molecule is C#Cc1ccccc1C(C(=O)Nc1ccccc1C)N(C(=O)C(C)NC(=O)OC(C)(C)C)C(C)(C)CC. The predicted molar refractivity (Wildman–Crippen MR) is 147 cm³/mol. The first-order valence-corrected chi connectivity index (χ1v) is 12.5. The van der Waals surface area contributed by atoms with E-state index in [1.165, 1.54) is 4.90 Å². The Hall–Kier alpha value is -3.79. The number of nitrogens with one attached hydrogen (secondary N) is 2. The number of carbonyl (C=O) groups is 3. The summed E-state index contributed by atoms with van der Waals surface area (Å²) >= 11 is 0. The van der Waals surface area contributed by atoms with Crippen molar-refractivity contribution >= 4 is 23.6 Å². The molecule has 0 bridgehead atoms. The van der Waals surface area contributed by atoms with Crippen LogP contribution < -0.4 is 10.6 Å². The van der Waals surface area contributed by atoms with E-state index >= 15 is 0 Å². The molecule has 0 aromatic heterocycles. The van der Waals surface area contributed by atoms with Gasteiger partial charge in [0, 0.05) is 16.8 Å². The van der Waals surface area contributed by atoms with Gasteiger partial charge in [0.05, 0.1) is 0 Å². The summed E-state index contributed by atoms with van der Waals surface area (Å²) in [4.78, 5) is 42.0. The monoisotopic (exact) mass is 505 g/mol. The molecular formula is C30H39N3O4. The molecule has 2 unspecified atom stereocenters.